The molecule has 0 aliphatic rings. The first-order valence-electron chi connectivity index (χ1n) is 8.66. The lowest BCUT2D eigenvalue weighted by Crippen LogP contribution is -2.41. The lowest BCUT2D eigenvalue weighted by Gasteiger charge is -2.36. The molecule has 0 aliphatic carbocycles. The molecule has 0 saturated heterocycles. The average Bonchev–Trinajstić information content (AvgIpc) is 2.51. The van der Waals surface area contributed by atoms with Gasteiger partial charge in [0.25, 0.3) is 0 Å². The zero-order valence-electron chi connectivity index (χ0n) is 16.4. The molecule has 0 bridgehead atoms. The summed E-state index contributed by atoms with van der Waals surface area (Å²) in [5.41, 5.74) is -4.13. The molecular formula is C18H24F3NO4SSi. The number of fused-ring (bicyclic) bond motifs is 1. The molecule has 0 atom stereocenters. The van der Waals surface area contributed by atoms with Crippen molar-refractivity contribution in [2.45, 2.75) is 50.8 Å². The average molecular weight is 436 g/mol. The Balaban J connectivity index is 2.16. The fraction of sp³-hybridized carbons (Fsp3) is 0.500. The molecule has 0 amide bonds. The Labute approximate surface area is 164 Å². The maximum atomic E-state index is 12.5. The van der Waals surface area contributed by atoms with Gasteiger partial charge in [0.05, 0.1) is 5.52 Å². The van der Waals surface area contributed by atoms with Crippen LogP contribution in [-0.4, -0.2) is 33.8 Å². The lowest BCUT2D eigenvalue weighted by atomic mass is 10.1. The summed E-state index contributed by atoms with van der Waals surface area (Å²) in [4.78, 5) is 4.26. The molecule has 0 spiro atoms. The van der Waals surface area contributed by atoms with E-state index in [0.29, 0.717) is 23.9 Å². The number of hydrogen-bond donors (Lipinski definition) is 0. The highest BCUT2D eigenvalue weighted by Crippen LogP contribution is 2.36. The molecule has 2 aromatic rings. The Morgan fingerprint density at radius 3 is 2.32 bits per heavy atom. The zero-order chi connectivity index (χ0) is 21.4. The molecule has 0 saturated carbocycles. The predicted octanol–water partition coefficient (Wildman–Crippen LogP) is 5.03. The van der Waals surface area contributed by atoms with Gasteiger partial charge in [-0.3, -0.25) is 4.98 Å². The topological polar surface area (TPSA) is 65.5 Å². The first-order chi connectivity index (χ1) is 12.6. The van der Waals surface area contributed by atoms with Crippen LogP contribution >= 0.6 is 0 Å². The van der Waals surface area contributed by atoms with Crippen LogP contribution in [0.15, 0.2) is 30.5 Å². The van der Waals surface area contributed by atoms with Gasteiger partial charge in [-0.2, -0.15) is 21.6 Å². The Morgan fingerprint density at radius 1 is 1.11 bits per heavy atom. The molecule has 2 rings (SSSR count). The summed E-state index contributed by atoms with van der Waals surface area (Å²) in [6.45, 7) is 11.2. The van der Waals surface area contributed by atoms with Crippen LogP contribution in [0.25, 0.3) is 10.9 Å². The van der Waals surface area contributed by atoms with Gasteiger partial charge in [-0.25, -0.2) is 0 Å². The second kappa shape index (κ2) is 7.64. The van der Waals surface area contributed by atoms with Crippen molar-refractivity contribution in [2.24, 2.45) is 0 Å². The molecule has 1 heterocycles. The second-order valence-corrected chi connectivity index (χ2v) is 14.4. The predicted molar refractivity (Wildman–Crippen MR) is 104 cm³/mol. The van der Waals surface area contributed by atoms with Gasteiger partial charge < -0.3 is 8.61 Å². The standard InChI is InChI=1S/C18H24F3NO4SSi/c1-17(2,3)28(4,5)25-9-8-13-10-14-11-15(6-7-16(14)22-12-13)26-27(23,24)18(19,20)21/h6-7,10-12H,8-9H2,1-5H3. The minimum absolute atomic E-state index is 0.0881. The minimum atomic E-state index is -5.71. The molecular weight excluding hydrogens is 411 g/mol. The molecule has 1 aromatic heterocycles. The number of nitrogens with zero attached hydrogens (tertiary/aromatic N) is 1. The van der Waals surface area contributed by atoms with E-state index >= 15 is 0 Å². The quantitative estimate of drug-likeness (QED) is 0.362. The molecule has 5 nitrogen and oxygen atoms in total. The van der Waals surface area contributed by atoms with Crippen molar-refractivity contribution >= 4 is 29.3 Å². The third-order valence-corrected chi connectivity index (χ3v) is 10.4. The molecule has 0 unspecified atom stereocenters. The van der Waals surface area contributed by atoms with Crippen molar-refractivity contribution in [1.29, 1.82) is 0 Å². The normalized spacial score (nSPS) is 13.7. The Hall–Kier alpha value is -1.65. The molecule has 0 N–H and O–H groups in total. The van der Waals surface area contributed by atoms with Crippen LogP contribution in [-0.2, 0) is 21.0 Å². The van der Waals surface area contributed by atoms with Gasteiger partial charge in [0, 0.05) is 18.2 Å². The first kappa shape index (κ1) is 22.6. The van der Waals surface area contributed by atoms with Crippen LogP contribution in [0.3, 0.4) is 0 Å². The Bertz CT molecular complexity index is 953. The molecule has 0 radical (unpaired) electrons. The van der Waals surface area contributed by atoms with E-state index in [4.69, 9.17) is 4.43 Å². The van der Waals surface area contributed by atoms with Crippen molar-refractivity contribution in [1.82, 2.24) is 4.98 Å². The highest BCUT2D eigenvalue weighted by Gasteiger charge is 2.48. The van der Waals surface area contributed by atoms with Crippen LogP contribution in [0.1, 0.15) is 26.3 Å². The summed E-state index contributed by atoms with van der Waals surface area (Å²) in [5, 5.41) is 0.574. The lowest BCUT2D eigenvalue weighted by molar-refractivity contribution is -0.0500. The van der Waals surface area contributed by atoms with E-state index in [9.17, 15) is 21.6 Å². The van der Waals surface area contributed by atoms with E-state index in [1.54, 1.807) is 12.3 Å². The van der Waals surface area contributed by atoms with Crippen molar-refractivity contribution in [3.8, 4) is 5.75 Å². The zero-order valence-corrected chi connectivity index (χ0v) is 18.2. The summed E-state index contributed by atoms with van der Waals surface area (Å²) in [6.07, 6.45) is 2.26. The van der Waals surface area contributed by atoms with Gasteiger partial charge in [-0.15, -0.1) is 0 Å². The molecule has 28 heavy (non-hydrogen) atoms. The Morgan fingerprint density at radius 2 is 1.75 bits per heavy atom. The van der Waals surface area contributed by atoms with Gasteiger partial charge in [0.2, 0.25) is 0 Å². The third kappa shape index (κ3) is 5.24. The van der Waals surface area contributed by atoms with E-state index in [2.05, 4.69) is 43.0 Å². The van der Waals surface area contributed by atoms with Crippen molar-refractivity contribution in [3.05, 3.63) is 36.0 Å². The number of aromatic nitrogens is 1. The van der Waals surface area contributed by atoms with Crippen LogP contribution in [0.5, 0.6) is 5.75 Å². The third-order valence-electron chi connectivity index (χ3n) is 4.86. The van der Waals surface area contributed by atoms with Crippen LogP contribution in [0, 0.1) is 0 Å². The molecule has 10 heteroatoms. The van der Waals surface area contributed by atoms with Gasteiger partial charge in [-0.05, 0) is 54.4 Å². The summed E-state index contributed by atoms with van der Waals surface area (Å²) < 4.78 is 70.1. The van der Waals surface area contributed by atoms with Gasteiger partial charge in [0.15, 0.2) is 8.32 Å². The number of hydrogen-bond acceptors (Lipinski definition) is 5. The fourth-order valence-electron chi connectivity index (χ4n) is 2.16. The smallest absolute Gasteiger partial charge is 0.416 e. The van der Waals surface area contributed by atoms with E-state index in [-0.39, 0.29) is 5.04 Å². The van der Waals surface area contributed by atoms with Gasteiger partial charge in [-0.1, -0.05) is 20.8 Å². The highest BCUT2D eigenvalue weighted by molar-refractivity contribution is 7.88. The van der Waals surface area contributed by atoms with Gasteiger partial charge >= 0.3 is 15.6 Å². The number of pyridine rings is 1. The monoisotopic (exact) mass is 435 g/mol. The largest absolute Gasteiger partial charge is 0.534 e. The minimum Gasteiger partial charge on any atom is -0.416 e. The van der Waals surface area contributed by atoms with Crippen LogP contribution < -0.4 is 4.18 Å². The molecule has 156 valence electrons. The molecule has 0 aliphatic heterocycles. The highest BCUT2D eigenvalue weighted by atomic mass is 32.2. The number of alkyl halides is 3. The van der Waals surface area contributed by atoms with Crippen molar-refractivity contribution in [3.63, 3.8) is 0 Å². The fourth-order valence-corrected chi connectivity index (χ4v) is 3.66. The summed E-state index contributed by atoms with van der Waals surface area (Å²) in [7, 11) is -7.59. The van der Waals surface area contributed by atoms with E-state index in [1.807, 2.05) is 0 Å². The van der Waals surface area contributed by atoms with E-state index in [0.717, 1.165) is 11.6 Å². The summed E-state index contributed by atoms with van der Waals surface area (Å²) in [6, 6.07) is 5.51. The van der Waals surface area contributed by atoms with Crippen LogP contribution in [0.4, 0.5) is 13.2 Å². The first-order valence-corrected chi connectivity index (χ1v) is 13.0. The van der Waals surface area contributed by atoms with Crippen molar-refractivity contribution < 1.29 is 30.2 Å². The SMILES string of the molecule is CC(C)(C)[Si](C)(C)OCCc1cnc2ccc(OS(=O)(=O)C(F)(F)F)cc2c1. The van der Waals surface area contributed by atoms with Crippen molar-refractivity contribution in [2.75, 3.05) is 6.61 Å². The molecule has 1 aromatic carbocycles. The van der Waals surface area contributed by atoms with Crippen LogP contribution in [0.2, 0.25) is 18.1 Å². The van der Waals surface area contributed by atoms with E-state index in [1.165, 1.54) is 12.1 Å². The number of halogens is 3. The maximum Gasteiger partial charge on any atom is 0.534 e. The summed E-state index contributed by atoms with van der Waals surface area (Å²) >= 11 is 0. The Kier molecular flexibility index (Phi) is 6.18. The maximum absolute atomic E-state index is 12.5. The molecule has 0 fully saturated rings. The van der Waals surface area contributed by atoms with E-state index < -0.39 is 29.7 Å². The second-order valence-electron chi connectivity index (χ2n) is 8.04. The summed E-state index contributed by atoms with van der Waals surface area (Å²) in [5.74, 6) is -0.415. The van der Waals surface area contributed by atoms with Gasteiger partial charge in [0.1, 0.15) is 5.75 Å². The number of rotatable bonds is 6. The number of benzene rings is 1.